The Balaban J connectivity index is 1.59. The van der Waals surface area contributed by atoms with E-state index in [2.05, 4.69) is 5.32 Å². The van der Waals surface area contributed by atoms with E-state index in [0.29, 0.717) is 34.0 Å². The average Bonchev–Trinajstić information content (AvgIpc) is 2.94. The summed E-state index contributed by atoms with van der Waals surface area (Å²) in [6, 6.07) is 17.4. The largest absolute Gasteiger partial charge is 0.457 e. The number of aryl methyl sites for hydroxylation is 2. The molecule has 0 atom stereocenters. The lowest BCUT2D eigenvalue weighted by molar-refractivity contribution is -0.114. The van der Waals surface area contributed by atoms with Gasteiger partial charge in [0.15, 0.2) is 0 Å². The monoisotopic (exact) mass is 400 g/mol. The quantitative estimate of drug-likeness (QED) is 0.635. The maximum absolute atomic E-state index is 13.0. The molecule has 0 saturated carbocycles. The molecule has 3 amide bonds. The van der Waals surface area contributed by atoms with Gasteiger partial charge < -0.3 is 10.1 Å². The van der Waals surface area contributed by atoms with Crippen LogP contribution in [-0.4, -0.2) is 17.7 Å². The molecule has 0 unspecified atom stereocenters. The SMILES string of the molecule is CC(=O)Nc1ccc(Oc2ccc3c(c2)C(=O)N(c2ccc(C)cc2C)C3=O)cc1. The van der Waals surface area contributed by atoms with Crippen LogP contribution in [0, 0.1) is 13.8 Å². The van der Waals surface area contributed by atoms with Crippen LogP contribution in [0.1, 0.15) is 38.8 Å². The van der Waals surface area contributed by atoms with Crippen molar-refractivity contribution in [2.24, 2.45) is 0 Å². The third kappa shape index (κ3) is 3.55. The number of amides is 3. The first-order valence-electron chi connectivity index (χ1n) is 9.49. The second kappa shape index (κ2) is 7.48. The molecule has 1 heterocycles. The Morgan fingerprint density at radius 2 is 1.50 bits per heavy atom. The average molecular weight is 400 g/mol. The lowest BCUT2D eigenvalue weighted by Crippen LogP contribution is -2.30. The molecule has 1 aliphatic rings. The summed E-state index contributed by atoms with van der Waals surface area (Å²) in [6.45, 7) is 5.28. The zero-order chi connectivity index (χ0) is 21.4. The van der Waals surface area contributed by atoms with E-state index in [-0.39, 0.29) is 17.7 Å². The van der Waals surface area contributed by atoms with Crippen molar-refractivity contribution in [2.75, 3.05) is 10.2 Å². The van der Waals surface area contributed by atoms with Crippen LogP contribution in [0.4, 0.5) is 11.4 Å². The normalized spacial score (nSPS) is 12.7. The highest BCUT2D eigenvalue weighted by Crippen LogP contribution is 2.34. The molecule has 0 bridgehead atoms. The predicted octanol–water partition coefficient (Wildman–Crippen LogP) is 4.85. The fraction of sp³-hybridized carbons (Fsp3) is 0.125. The second-order valence-corrected chi connectivity index (χ2v) is 7.25. The van der Waals surface area contributed by atoms with Gasteiger partial charge in [0.1, 0.15) is 11.5 Å². The fourth-order valence-corrected chi connectivity index (χ4v) is 3.50. The van der Waals surface area contributed by atoms with Crippen LogP contribution >= 0.6 is 0 Å². The Labute approximate surface area is 174 Å². The van der Waals surface area contributed by atoms with Gasteiger partial charge in [0, 0.05) is 12.6 Å². The first kappa shape index (κ1) is 19.4. The Bertz CT molecular complexity index is 1180. The minimum absolute atomic E-state index is 0.154. The number of nitrogens with one attached hydrogen (secondary N) is 1. The van der Waals surface area contributed by atoms with Crippen molar-refractivity contribution in [1.82, 2.24) is 0 Å². The standard InChI is InChI=1S/C24H20N2O4/c1-14-4-11-22(15(2)12-14)26-23(28)20-10-9-19(13-21(20)24(26)29)30-18-7-5-17(6-8-18)25-16(3)27/h4-13H,1-3H3,(H,25,27). The number of fused-ring (bicyclic) bond motifs is 1. The number of imide groups is 1. The molecule has 0 saturated heterocycles. The molecule has 3 aromatic carbocycles. The molecule has 1 aliphatic heterocycles. The van der Waals surface area contributed by atoms with E-state index in [0.717, 1.165) is 11.1 Å². The zero-order valence-electron chi connectivity index (χ0n) is 16.9. The Morgan fingerprint density at radius 3 is 2.17 bits per heavy atom. The smallest absolute Gasteiger partial charge is 0.266 e. The van der Waals surface area contributed by atoms with Crippen molar-refractivity contribution in [3.63, 3.8) is 0 Å². The highest BCUT2D eigenvalue weighted by Gasteiger charge is 2.37. The van der Waals surface area contributed by atoms with Crippen LogP contribution in [0.3, 0.4) is 0 Å². The Hall–Kier alpha value is -3.93. The number of rotatable bonds is 4. The number of hydrogen-bond acceptors (Lipinski definition) is 4. The lowest BCUT2D eigenvalue weighted by Gasteiger charge is -2.16. The minimum atomic E-state index is -0.367. The summed E-state index contributed by atoms with van der Waals surface area (Å²) in [5.74, 6) is 0.136. The van der Waals surface area contributed by atoms with Crippen molar-refractivity contribution < 1.29 is 19.1 Å². The van der Waals surface area contributed by atoms with Gasteiger partial charge >= 0.3 is 0 Å². The van der Waals surface area contributed by atoms with Crippen molar-refractivity contribution in [1.29, 1.82) is 0 Å². The van der Waals surface area contributed by atoms with E-state index in [9.17, 15) is 14.4 Å². The first-order valence-corrected chi connectivity index (χ1v) is 9.49. The molecule has 3 aromatic rings. The summed E-state index contributed by atoms with van der Waals surface area (Å²) in [7, 11) is 0. The number of ether oxygens (including phenoxy) is 1. The van der Waals surface area contributed by atoms with Crippen molar-refractivity contribution >= 4 is 29.1 Å². The van der Waals surface area contributed by atoms with Crippen LogP contribution in [-0.2, 0) is 4.79 Å². The molecular formula is C24H20N2O4. The second-order valence-electron chi connectivity index (χ2n) is 7.25. The maximum Gasteiger partial charge on any atom is 0.266 e. The number of anilines is 2. The highest BCUT2D eigenvalue weighted by molar-refractivity contribution is 6.34. The topological polar surface area (TPSA) is 75.7 Å². The van der Waals surface area contributed by atoms with Crippen molar-refractivity contribution in [3.8, 4) is 11.5 Å². The zero-order valence-corrected chi connectivity index (χ0v) is 16.9. The third-order valence-corrected chi connectivity index (χ3v) is 4.86. The van der Waals surface area contributed by atoms with Gasteiger partial charge in [-0.15, -0.1) is 0 Å². The predicted molar refractivity (Wildman–Crippen MR) is 114 cm³/mol. The van der Waals surface area contributed by atoms with Crippen LogP contribution in [0.15, 0.2) is 60.7 Å². The van der Waals surface area contributed by atoms with Gasteiger partial charge in [-0.2, -0.15) is 0 Å². The maximum atomic E-state index is 13.0. The number of nitrogens with zero attached hydrogens (tertiary/aromatic N) is 1. The number of carbonyl (C=O) groups excluding carboxylic acids is 3. The van der Waals surface area contributed by atoms with Crippen LogP contribution < -0.4 is 15.0 Å². The molecule has 6 heteroatoms. The number of hydrogen-bond donors (Lipinski definition) is 1. The molecule has 1 N–H and O–H groups in total. The van der Waals surface area contributed by atoms with E-state index >= 15 is 0 Å². The van der Waals surface area contributed by atoms with Crippen LogP contribution in [0.2, 0.25) is 0 Å². The van der Waals surface area contributed by atoms with E-state index in [4.69, 9.17) is 4.74 Å². The lowest BCUT2D eigenvalue weighted by atomic mass is 10.1. The summed E-state index contributed by atoms with van der Waals surface area (Å²) in [6.07, 6.45) is 0. The summed E-state index contributed by atoms with van der Waals surface area (Å²) < 4.78 is 5.83. The van der Waals surface area contributed by atoms with E-state index in [1.165, 1.54) is 11.8 Å². The summed E-state index contributed by atoms with van der Waals surface area (Å²) in [4.78, 5) is 38.2. The Kier molecular flexibility index (Phi) is 4.83. The van der Waals surface area contributed by atoms with Crippen LogP contribution in [0.5, 0.6) is 11.5 Å². The summed E-state index contributed by atoms with van der Waals surface area (Å²) in [5, 5.41) is 2.69. The molecule has 0 aromatic heterocycles. The molecule has 4 rings (SSSR count). The van der Waals surface area contributed by atoms with Gasteiger partial charge in [0.25, 0.3) is 11.8 Å². The highest BCUT2D eigenvalue weighted by atomic mass is 16.5. The molecule has 6 nitrogen and oxygen atoms in total. The van der Waals surface area contributed by atoms with Gasteiger partial charge in [-0.3, -0.25) is 14.4 Å². The fourth-order valence-electron chi connectivity index (χ4n) is 3.50. The summed E-state index contributed by atoms with van der Waals surface area (Å²) in [5.41, 5.74) is 3.84. The van der Waals surface area contributed by atoms with Gasteiger partial charge in [0.2, 0.25) is 5.91 Å². The molecule has 0 radical (unpaired) electrons. The van der Waals surface area contributed by atoms with Gasteiger partial charge in [-0.05, 0) is 67.9 Å². The van der Waals surface area contributed by atoms with E-state index in [1.807, 2.05) is 26.0 Å². The van der Waals surface area contributed by atoms with E-state index in [1.54, 1.807) is 48.5 Å². The Morgan fingerprint density at radius 1 is 0.833 bits per heavy atom. The first-order chi connectivity index (χ1) is 14.3. The third-order valence-electron chi connectivity index (χ3n) is 4.86. The van der Waals surface area contributed by atoms with Gasteiger partial charge in [0.05, 0.1) is 16.8 Å². The van der Waals surface area contributed by atoms with Crippen molar-refractivity contribution in [3.05, 3.63) is 82.9 Å². The van der Waals surface area contributed by atoms with Crippen LogP contribution in [0.25, 0.3) is 0 Å². The molecule has 150 valence electrons. The minimum Gasteiger partial charge on any atom is -0.457 e. The molecular weight excluding hydrogens is 380 g/mol. The van der Waals surface area contributed by atoms with Gasteiger partial charge in [-0.1, -0.05) is 17.7 Å². The van der Waals surface area contributed by atoms with Crippen molar-refractivity contribution in [2.45, 2.75) is 20.8 Å². The number of benzene rings is 3. The van der Waals surface area contributed by atoms with Gasteiger partial charge in [-0.25, -0.2) is 4.90 Å². The molecule has 30 heavy (non-hydrogen) atoms. The summed E-state index contributed by atoms with van der Waals surface area (Å²) >= 11 is 0. The molecule has 0 spiro atoms. The number of carbonyl (C=O) groups is 3. The molecule has 0 fully saturated rings. The molecule has 0 aliphatic carbocycles. The van der Waals surface area contributed by atoms with E-state index < -0.39 is 0 Å².